The molecule has 0 spiro atoms. The van der Waals surface area contributed by atoms with Crippen molar-refractivity contribution < 1.29 is 28.2 Å². The number of barbiturate groups is 1. The van der Waals surface area contributed by atoms with Gasteiger partial charge in [0, 0.05) is 4.47 Å². The van der Waals surface area contributed by atoms with Crippen LogP contribution in [0, 0.1) is 9.39 Å². The first kappa shape index (κ1) is 24.9. The van der Waals surface area contributed by atoms with Crippen LogP contribution in [-0.2, 0) is 16.2 Å². The highest BCUT2D eigenvalue weighted by atomic mass is 127. The van der Waals surface area contributed by atoms with Crippen molar-refractivity contribution in [2.24, 2.45) is 0 Å². The quantitative estimate of drug-likeness (QED) is 0.218. The number of ether oxygens (including phenoxy) is 2. The number of urea groups is 1. The number of carbonyl (C=O) groups is 3. The van der Waals surface area contributed by atoms with Crippen molar-refractivity contribution in [3.05, 3.63) is 91.2 Å². The van der Waals surface area contributed by atoms with Gasteiger partial charge in [0.05, 0.1) is 16.4 Å². The average Bonchev–Trinajstić information content (AvgIpc) is 2.82. The first-order chi connectivity index (χ1) is 16.8. The largest absolute Gasteiger partial charge is 0.493 e. The van der Waals surface area contributed by atoms with E-state index in [1.54, 1.807) is 12.1 Å². The van der Waals surface area contributed by atoms with Gasteiger partial charge in [0.15, 0.2) is 11.5 Å². The molecule has 1 aliphatic heterocycles. The predicted octanol–water partition coefficient (Wildman–Crippen LogP) is 5.45. The zero-order valence-corrected chi connectivity index (χ0v) is 21.9. The monoisotopic (exact) mass is 650 g/mol. The highest BCUT2D eigenvalue weighted by Gasteiger charge is 2.37. The Morgan fingerprint density at radius 3 is 2.51 bits per heavy atom. The molecule has 4 rings (SSSR count). The summed E-state index contributed by atoms with van der Waals surface area (Å²) < 4.78 is 26.8. The van der Waals surface area contributed by atoms with Crippen molar-refractivity contribution >= 4 is 68.1 Å². The summed E-state index contributed by atoms with van der Waals surface area (Å²) >= 11 is 5.47. The number of benzene rings is 3. The summed E-state index contributed by atoms with van der Waals surface area (Å²) in [6.45, 7) is 0.311. The lowest BCUT2D eigenvalue weighted by Crippen LogP contribution is -2.54. The Hall–Kier alpha value is -3.25. The van der Waals surface area contributed by atoms with E-state index in [1.807, 2.05) is 24.3 Å². The summed E-state index contributed by atoms with van der Waals surface area (Å²) in [6.07, 6.45) is 1.35. The molecule has 4 amide bonds. The maximum atomic E-state index is 13.7. The number of rotatable bonds is 6. The first-order valence-electron chi connectivity index (χ1n) is 10.2. The fourth-order valence-electron chi connectivity index (χ4n) is 3.37. The predicted molar refractivity (Wildman–Crippen MR) is 140 cm³/mol. The smallest absolute Gasteiger partial charge is 0.335 e. The first-order valence-corrected chi connectivity index (χ1v) is 12.1. The molecule has 0 bridgehead atoms. The minimum Gasteiger partial charge on any atom is -0.493 e. The van der Waals surface area contributed by atoms with E-state index >= 15 is 0 Å². The summed E-state index contributed by atoms with van der Waals surface area (Å²) in [6, 6.07) is 15.1. The van der Waals surface area contributed by atoms with Crippen LogP contribution in [0.5, 0.6) is 11.5 Å². The minimum absolute atomic E-state index is 0.00903. The maximum absolute atomic E-state index is 13.7. The van der Waals surface area contributed by atoms with Gasteiger partial charge in [-0.2, -0.15) is 0 Å². The number of imide groups is 2. The SMILES string of the molecule is COc1cc(/C=C2\C(=O)NC(=O)N(c3cccc(F)c3)C2=O)cc(I)c1OCc1ccc(Br)cc1. The Morgan fingerprint density at radius 1 is 1.09 bits per heavy atom. The van der Waals surface area contributed by atoms with Gasteiger partial charge < -0.3 is 9.47 Å². The molecule has 0 aliphatic carbocycles. The van der Waals surface area contributed by atoms with E-state index in [4.69, 9.17) is 9.47 Å². The molecular weight excluding hydrogens is 634 g/mol. The van der Waals surface area contributed by atoms with Crippen LogP contribution in [0.15, 0.2) is 70.7 Å². The number of nitrogens with zero attached hydrogens (tertiary/aromatic N) is 1. The molecule has 7 nitrogen and oxygen atoms in total. The zero-order valence-electron chi connectivity index (χ0n) is 18.2. The summed E-state index contributed by atoms with van der Waals surface area (Å²) in [4.78, 5) is 38.5. The topological polar surface area (TPSA) is 84.9 Å². The van der Waals surface area contributed by atoms with Gasteiger partial charge in [-0.1, -0.05) is 34.1 Å². The Labute approximate surface area is 222 Å². The standard InChI is InChI=1S/C25H17BrFIN2O5/c1-34-21-11-15(10-20(28)22(21)35-13-14-5-7-16(26)8-6-14)9-19-23(31)29-25(33)30(24(19)32)18-4-2-3-17(27)12-18/h2-12H,13H2,1H3,(H,29,31,33)/b19-9+. The second kappa shape index (κ2) is 10.6. The highest BCUT2D eigenvalue weighted by molar-refractivity contribution is 14.1. The minimum atomic E-state index is -0.952. The fraction of sp³-hybridized carbons (Fsp3) is 0.0800. The summed E-state index contributed by atoms with van der Waals surface area (Å²) in [7, 11) is 1.48. The normalized spacial score (nSPS) is 14.8. The number of methoxy groups -OCH3 is 1. The molecule has 1 N–H and O–H groups in total. The van der Waals surface area contributed by atoms with Gasteiger partial charge >= 0.3 is 6.03 Å². The molecule has 1 heterocycles. The Balaban J connectivity index is 1.64. The number of nitrogens with one attached hydrogen (secondary N) is 1. The van der Waals surface area contributed by atoms with Gasteiger partial charge in [-0.15, -0.1) is 0 Å². The van der Waals surface area contributed by atoms with Gasteiger partial charge in [0.25, 0.3) is 11.8 Å². The van der Waals surface area contributed by atoms with Crippen LogP contribution < -0.4 is 19.7 Å². The molecule has 0 saturated carbocycles. The molecule has 0 radical (unpaired) electrons. The lowest BCUT2D eigenvalue weighted by atomic mass is 10.1. The van der Waals surface area contributed by atoms with Crippen LogP contribution in [-0.4, -0.2) is 25.0 Å². The van der Waals surface area contributed by atoms with Gasteiger partial charge in [-0.3, -0.25) is 14.9 Å². The van der Waals surface area contributed by atoms with Crippen LogP contribution >= 0.6 is 38.5 Å². The summed E-state index contributed by atoms with van der Waals surface area (Å²) in [5.74, 6) is -1.42. The van der Waals surface area contributed by atoms with Crippen molar-refractivity contribution in [1.29, 1.82) is 0 Å². The van der Waals surface area contributed by atoms with Gasteiger partial charge in [0.2, 0.25) is 0 Å². The Bertz CT molecular complexity index is 1360. The Kier molecular flexibility index (Phi) is 7.51. The van der Waals surface area contributed by atoms with E-state index in [9.17, 15) is 18.8 Å². The van der Waals surface area contributed by atoms with E-state index < -0.39 is 23.7 Å². The molecule has 0 atom stereocenters. The van der Waals surface area contributed by atoms with Gasteiger partial charge in [-0.25, -0.2) is 14.1 Å². The van der Waals surface area contributed by atoms with Crippen molar-refractivity contribution in [2.75, 3.05) is 12.0 Å². The van der Waals surface area contributed by atoms with Gasteiger partial charge in [-0.05, 0) is 82.3 Å². The number of anilines is 1. The molecule has 1 aliphatic rings. The van der Waals surface area contributed by atoms with E-state index in [0.717, 1.165) is 16.1 Å². The van der Waals surface area contributed by atoms with E-state index in [1.165, 1.54) is 31.4 Å². The van der Waals surface area contributed by atoms with Gasteiger partial charge in [0.1, 0.15) is 18.0 Å². The van der Waals surface area contributed by atoms with E-state index in [0.29, 0.717) is 32.1 Å². The average molecular weight is 651 g/mol. The zero-order chi connectivity index (χ0) is 25.1. The third-order valence-electron chi connectivity index (χ3n) is 5.03. The lowest BCUT2D eigenvalue weighted by molar-refractivity contribution is -0.122. The molecular formula is C25H17BrFIN2O5. The second-order valence-electron chi connectivity index (χ2n) is 7.39. The van der Waals surface area contributed by atoms with Crippen LogP contribution in [0.2, 0.25) is 0 Å². The molecule has 35 heavy (non-hydrogen) atoms. The van der Waals surface area contributed by atoms with Crippen molar-refractivity contribution in [2.45, 2.75) is 6.61 Å². The fourth-order valence-corrected chi connectivity index (χ4v) is 4.42. The molecule has 1 fully saturated rings. The third-order valence-corrected chi connectivity index (χ3v) is 6.36. The molecule has 178 valence electrons. The number of carbonyl (C=O) groups excluding carboxylic acids is 3. The number of halogens is 3. The molecule has 0 aromatic heterocycles. The summed E-state index contributed by atoms with van der Waals surface area (Å²) in [5, 5.41) is 2.12. The molecule has 0 unspecified atom stereocenters. The van der Waals surface area contributed by atoms with Crippen molar-refractivity contribution in [1.82, 2.24) is 5.32 Å². The van der Waals surface area contributed by atoms with Crippen LogP contribution in [0.4, 0.5) is 14.9 Å². The van der Waals surface area contributed by atoms with Crippen LogP contribution in [0.25, 0.3) is 6.08 Å². The van der Waals surface area contributed by atoms with Crippen LogP contribution in [0.1, 0.15) is 11.1 Å². The maximum Gasteiger partial charge on any atom is 0.335 e. The second-order valence-corrected chi connectivity index (χ2v) is 9.46. The lowest BCUT2D eigenvalue weighted by Gasteiger charge is -2.26. The molecule has 3 aromatic rings. The van der Waals surface area contributed by atoms with E-state index in [-0.39, 0.29) is 11.3 Å². The number of amides is 4. The number of hydrogen-bond donors (Lipinski definition) is 1. The number of hydrogen-bond acceptors (Lipinski definition) is 5. The van der Waals surface area contributed by atoms with E-state index in [2.05, 4.69) is 43.8 Å². The molecule has 1 saturated heterocycles. The highest BCUT2D eigenvalue weighted by Crippen LogP contribution is 2.35. The van der Waals surface area contributed by atoms with Crippen molar-refractivity contribution in [3.63, 3.8) is 0 Å². The summed E-state index contributed by atoms with van der Waals surface area (Å²) in [5.41, 5.74) is 1.17. The molecule has 3 aromatic carbocycles. The third kappa shape index (κ3) is 5.54. The molecule has 10 heteroatoms. The Morgan fingerprint density at radius 2 is 1.83 bits per heavy atom. The van der Waals surface area contributed by atoms with Crippen LogP contribution in [0.3, 0.4) is 0 Å². The van der Waals surface area contributed by atoms with Crippen molar-refractivity contribution in [3.8, 4) is 11.5 Å².